The van der Waals surface area contributed by atoms with Gasteiger partial charge in [-0.1, -0.05) is 0 Å². The summed E-state index contributed by atoms with van der Waals surface area (Å²) in [6, 6.07) is 10.3. The highest BCUT2D eigenvalue weighted by Gasteiger charge is 2.15. The summed E-state index contributed by atoms with van der Waals surface area (Å²) in [5.41, 5.74) is 0.596. The van der Waals surface area contributed by atoms with Crippen LogP contribution >= 0.6 is 0 Å². The van der Waals surface area contributed by atoms with Gasteiger partial charge in [0.15, 0.2) is 27.9 Å². The molecule has 0 radical (unpaired) electrons. The number of nitrogens with one attached hydrogen (secondary N) is 1. The molecule has 9 heteroatoms. The van der Waals surface area contributed by atoms with Crippen LogP contribution in [0.3, 0.4) is 0 Å². The Bertz CT molecular complexity index is 982. The molecule has 0 atom stereocenters. The number of benzene rings is 2. The monoisotopic (exact) mass is 421 g/mol. The van der Waals surface area contributed by atoms with E-state index in [-0.39, 0.29) is 16.6 Å². The Balaban J connectivity index is 1.95. The van der Waals surface area contributed by atoms with Crippen LogP contribution in [0, 0.1) is 0 Å². The Labute approximate surface area is 169 Å². The van der Waals surface area contributed by atoms with Crippen LogP contribution in [-0.4, -0.2) is 46.4 Å². The molecule has 0 saturated carbocycles. The first-order chi connectivity index (χ1) is 13.6. The third kappa shape index (κ3) is 6.49. The van der Waals surface area contributed by atoms with Gasteiger partial charge in [0, 0.05) is 11.9 Å². The van der Waals surface area contributed by atoms with Crippen LogP contribution < -0.4 is 14.8 Å². The van der Waals surface area contributed by atoms with E-state index in [9.17, 15) is 18.0 Å². The highest BCUT2D eigenvalue weighted by molar-refractivity contribution is 7.90. The van der Waals surface area contributed by atoms with Crippen molar-refractivity contribution in [1.82, 2.24) is 0 Å². The lowest BCUT2D eigenvalue weighted by Gasteiger charge is -2.14. The molecule has 0 bridgehead atoms. The normalized spacial score (nSPS) is 11.1. The zero-order chi connectivity index (χ0) is 21.6. The third-order valence-corrected chi connectivity index (χ3v) is 4.79. The Hall–Kier alpha value is -3.07. The summed E-state index contributed by atoms with van der Waals surface area (Å²) in [5, 5.41) is 2.52. The van der Waals surface area contributed by atoms with Gasteiger partial charge < -0.3 is 19.5 Å². The molecule has 0 aliphatic rings. The van der Waals surface area contributed by atoms with Crippen molar-refractivity contribution in [2.75, 3.05) is 25.3 Å². The van der Waals surface area contributed by atoms with Gasteiger partial charge in [-0.25, -0.2) is 13.2 Å². The molecule has 0 aliphatic heterocycles. The van der Waals surface area contributed by atoms with Gasteiger partial charge >= 0.3 is 5.97 Å². The number of ether oxygens (including phenoxy) is 3. The fourth-order valence-electron chi connectivity index (χ4n) is 2.34. The first-order valence-electron chi connectivity index (χ1n) is 8.72. The Morgan fingerprint density at radius 1 is 1.03 bits per heavy atom. The highest BCUT2D eigenvalue weighted by atomic mass is 32.2. The molecule has 0 aliphatic carbocycles. The summed E-state index contributed by atoms with van der Waals surface area (Å²) in [6.45, 7) is 3.24. The van der Waals surface area contributed by atoms with Crippen LogP contribution in [0.2, 0.25) is 0 Å². The molecule has 1 amide bonds. The minimum absolute atomic E-state index is 0.0584. The first-order valence-corrected chi connectivity index (χ1v) is 10.6. The maximum atomic E-state index is 12.2. The zero-order valence-corrected chi connectivity index (χ0v) is 17.4. The first kappa shape index (κ1) is 22.2. The molecule has 0 fully saturated rings. The van der Waals surface area contributed by atoms with Crippen LogP contribution in [0.5, 0.6) is 11.5 Å². The number of anilines is 1. The lowest BCUT2D eigenvalue weighted by atomic mass is 10.2. The van der Waals surface area contributed by atoms with Gasteiger partial charge in [0.2, 0.25) is 0 Å². The van der Waals surface area contributed by atoms with Crippen molar-refractivity contribution in [3.63, 3.8) is 0 Å². The van der Waals surface area contributed by atoms with Crippen LogP contribution in [0.25, 0.3) is 0 Å². The lowest BCUT2D eigenvalue weighted by molar-refractivity contribution is -0.119. The summed E-state index contributed by atoms with van der Waals surface area (Å²) in [7, 11) is -1.86. The van der Waals surface area contributed by atoms with Crippen molar-refractivity contribution in [3.8, 4) is 11.5 Å². The average molecular weight is 421 g/mol. The lowest BCUT2D eigenvalue weighted by Crippen LogP contribution is -2.21. The van der Waals surface area contributed by atoms with E-state index in [0.717, 1.165) is 6.26 Å². The number of carbonyl (C=O) groups is 2. The van der Waals surface area contributed by atoms with Gasteiger partial charge in [-0.05, 0) is 56.3 Å². The predicted octanol–water partition coefficient (Wildman–Crippen LogP) is 2.68. The Morgan fingerprint density at radius 3 is 2.24 bits per heavy atom. The largest absolute Gasteiger partial charge is 0.493 e. The number of esters is 1. The van der Waals surface area contributed by atoms with Crippen LogP contribution in [-0.2, 0) is 19.4 Å². The SMILES string of the molecule is COc1cc(C(=O)OCC(=O)Nc2ccc(S(C)(=O)=O)cc2)ccc1OC(C)C. The van der Waals surface area contributed by atoms with Crippen molar-refractivity contribution in [2.24, 2.45) is 0 Å². The van der Waals surface area contributed by atoms with Gasteiger partial charge in [0.1, 0.15) is 0 Å². The third-order valence-electron chi connectivity index (χ3n) is 3.66. The minimum Gasteiger partial charge on any atom is -0.493 e. The number of rotatable bonds is 8. The minimum atomic E-state index is -3.32. The Kier molecular flexibility index (Phi) is 7.22. The van der Waals surface area contributed by atoms with E-state index in [2.05, 4.69) is 5.32 Å². The summed E-state index contributed by atoms with van der Waals surface area (Å²) >= 11 is 0. The fraction of sp³-hybridized carbons (Fsp3) is 0.300. The van der Waals surface area contributed by atoms with Gasteiger partial charge in [-0.3, -0.25) is 4.79 Å². The van der Waals surface area contributed by atoms with Crippen molar-refractivity contribution >= 4 is 27.4 Å². The summed E-state index contributed by atoms with van der Waals surface area (Å²) in [5.74, 6) is -0.378. The molecule has 0 unspecified atom stereocenters. The van der Waals surface area contributed by atoms with Gasteiger partial charge in [0.05, 0.1) is 23.7 Å². The predicted molar refractivity (Wildman–Crippen MR) is 107 cm³/mol. The van der Waals surface area contributed by atoms with Gasteiger partial charge in [-0.15, -0.1) is 0 Å². The van der Waals surface area contributed by atoms with E-state index in [1.807, 2.05) is 13.8 Å². The van der Waals surface area contributed by atoms with E-state index < -0.39 is 28.3 Å². The fourth-order valence-corrected chi connectivity index (χ4v) is 2.97. The molecule has 156 valence electrons. The average Bonchev–Trinajstić information content (AvgIpc) is 2.65. The molecular formula is C20H23NO7S. The summed E-state index contributed by atoms with van der Waals surface area (Å²) in [6.07, 6.45) is 1.04. The standard InChI is InChI=1S/C20H23NO7S/c1-13(2)28-17-10-5-14(11-18(17)26-3)20(23)27-12-19(22)21-15-6-8-16(9-7-15)29(4,24)25/h5-11,13H,12H2,1-4H3,(H,21,22). The molecule has 2 aromatic rings. The Morgan fingerprint density at radius 2 is 1.69 bits per heavy atom. The van der Waals surface area contributed by atoms with Crippen molar-refractivity contribution in [3.05, 3.63) is 48.0 Å². The quantitative estimate of drug-likeness (QED) is 0.653. The molecule has 0 aromatic heterocycles. The smallest absolute Gasteiger partial charge is 0.338 e. The molecular weight excluding hydrogens is 398 g/mol. The second-order valence-corrected chi connectivity index (χ2v) is 8.47. The molecule has 29 heavy (non-hydrogen) atoms. The summed E-state index contributed by atoms with van der Waals surface area (Å²) < 4.78 is 38.7. The second-order valence-electron chi connectivity index (χ2n) is 6.45. The number of carbonyl (C=O) groups excluding carboxylic acids is 2. The van der Waals surface area contributed by atoms with Crippen molar-refractivity contribution < 1.29 is 32.2 Å². The van der Waals surface area contributed by atoms with E-state index in [0.29, 0.717) is 17.2 Å². The molecule has 0 heterocycles. The topological polar surface area (TPSA) is 108 Å². The number of sulfone groups is 1. The maximum absolute atomic E-state index is 12.2. The van der Waals surface area contributed by atoms with E-state index in [4.69, 9.17) is 14.2 Å². The molecule has 2 aromatic carbocycles. The van der Waals surface area contributed by atoms with Gasteiger partial charge in [0.25, 0.3) is 5.91 Å². The molecule has 2 rings (SSSR count). The zero-order valence-electron chi connectivity index (χ0n) is 16.6. The molecule has 8 nitrogen and oxygen atoms in total. The molecule has 0 spiro atoms. The van der Waals surface area contributed by atoms with E-state index in [1.165, 1.54) is 43.5 Å². The van der Waals surface area contributed by atoms with Crippen LogP contribution in [0.15, 0.2) is 47.4 Å². The van der Waals surface area contributed by atoms with E-state index in [1.54, 1.807) is 6.07 Å². The molecule has 1 N–H and O–H groups in total. The number of methoxy groups -OCH3 is 1. The van der Waals surface area contributed by atoms with E-state index >= 15 is 0 Å². The second kappa shape index (κ2) is 9.42. The van der Waals surface area contributed by atoms with Crippen LogP contribution in [0.4, 0.5) is 5.69 Å². The number of hydrogen-bond acceptors (Lipinski definition) is 7. The van der Waals surface area contributed by atoms with Crippen molar-refractivity contribution in [2.45, 2.75) is 24.8 Å². The maximum Gasteiger partial charge on any atom is 0.338 e. The summed E-state index contributed by atoms with van der Waals surface area (Å²) in [4.78, 5) is 24.3. The highest BCUT2D eigenvalue weighted by Crippen LogP contribution is 2.29. The van der Waals surface area contributed by atoms with Crippen LogP contribution in [0.1, 0.15) is 24.2 Å². The number of hydrogen-bond donors (Lipinski definition) is 1. The molecule has 0 saturated heterocycles. The van der Waals surface area contributed by atoms with Crippen molar-refractivity contribution in [1.29, 1.82) is 0 Å². The number of amides is 1. The van der Waals surface area contributed by atoms with Gasteiger partial charge in [-0.2, -0.15) is 0 Å².